The zero-order valence-corrected chi connectivity index (χ0v) is 9.60. The van der Waals surface area contributed by atoms with Crippen molar-refractivity contribution in [1.29, 1.82) is 0 Å². The van der Waals surface area contributed by atoms with Crippen molar-refractivity contribution in [3.63, 3.8) is 0 Å². The molecule has 0 aromatic carbocycles. The summed E-state index contributed by atoms with van der Waals surface area (Å²) in [7, 11) is 0. The van der Waals surface area contributed by atoms with Crippen LogP contribution in [0.15, 0.2) is 0 Å². The maximum Gasteiger partial charge on any atom is 0.0906 e. The van der Waals surface area contributed by atoms with Crippen LogP contribution >= 0.6 is 0 Å². The van der Waals surface area contributed by atoms with Gasteiger partial charge >= 0.3 is 0 Å². The second kappa shape index (κ2) is 5.26. The summed E-state index contributed by atoms with van der Waals surface area (Å²) in [5, 5.41) is 3.52. The first-order valence-electron chi connectivity index (χ1n) is 6.39. The van der Waals surface area contributed by atoms with Gasteiger partial charge in [-0.1, -0.05) is 19.3 Å². The molecule has 0 radical (unpaired) electrons. The number of nitrogens with zero attached hydrogens (tertiary/aromatic N) is 1. The minimum atomic E-state index is -0.167. The van der Waals surface area contributed by atoms with Crippen molar-refractivity contribution in [2.24, 2.45) is 0 Å². The Morgan fingerprint density at radius 2 is 2.00 bits per heavy atom. The molecule has 2 rings (SSSR count). The molecule has 1 saturated carbocycles. The quantitative estimate of drug-likeness (QED) is 0.772. The van der Waals surface area contributed by atoms with E-state index in [2.05, 4.69) is 10.2 Å². The van der Waals surface area contributed by atoms with Gasteiger partial charge in [-0.25, -0.2) is 0 Å². The van der Waals surface area contributed by atoms with Gasteiger partial charge in [-0.05, 0) is 19.3 Å². The van der Waals surface area contributed by atoms with Crippen LogP contribution in [0.2, 0.25) is 0 Å². The lowest BCUT2D eigenvalue weighted by Gasteiger charge is -2.50. The van der Waals surface area contributed by atoms with E-state index < -0.39 is 0 Å². The zero-order chi connectivity index (χ0) is 10.6. The molecule has 1 heterocycles. The van der Waals surface area contributed by atoms with E-state index in [-0.39, 0.29) is 6.67 Å². The molecule has 0 atom stereocenters. The Bertz CT molecular complexity index is 182. The molecule has 88 valence electrons. The van der Waals surface area contributed by atoms with Crippen LogP contribution in [-0.4, -0.2) is 43.3 Å². The highest BCUT2D eigenvalue weighted by atomic mass is 19.1. The van der Waals surface area contributed by atoms with Crippen LogP contribution in [0, 0.1) is 0 Å². The Kier molecular flexibility index (Phi) is 3.98. The van der Waals surface area contributed by atoms with Gasteiger partial charge < -0.3 is 5.32 Å². The van der Waals surface area contributed by atoms with E-state index in [4.69, 9.17) is 0 Å². The Balaban J connectivity index is 1.97. The summed E-state index contributed by atoms with van der Waals surface area (Å²) in [6.07, 6.45) is 7.43. The Morgan fingerprint density at radius 3 is 2.73 bits per heavy atom. The number of hydrogen-bond acceptors (Lipinski definition) is 2. The van der Waals surface area contributed by atoms with E-state index >= 15 is 0 Å². The van der Waals surface area contributed by atoms with Gasteiger partial charge in [0, 0.05) is 31.7 Å². The fourth-order valence-corrected chi connectivity index (χ4v) is 3.19. The van der Waals surface area contributed by atoms with Crippen LogP contribution in [-0.2, 0) is 0 Å². The molecule has 2 fully saturated rings. The first-order valence-corrected chi connectivity index (χ1v) is 6.39. The molecule has 1 N–H and O–H groups in total. The van der Waals surface area contributed by atoms with Crippen LogP contribution in [0.4, 0.5) is 4.39 Å². The minimum absolute atomic E-state index is 0.167. The van der Waals surface area contributed by atoms with Crippen molar-refractivity contribution in [2.75, 3.05) is 32.9 Å². The van der Waals surface area contributed by atoms with Crippen molar-refractivity contribution in [3.05, 3.63) is 0 Å². The van der Waals surface area contributed by atoms with Crippen molar-refractivity contribution in [1.82, 2.24) is 10.2 Å². The molecule has 1 spiro atoms. The molecule has 1 saturated heterocycles. The second-order valence-corrected chi connectivity index (χ2v) is 4.99. The standard InChI is InChI=1S/C12H23FN2/c13-7-4-9-15-10-8-14-11-12(15)5-2-1-3-6-12/h14H,1-11H2. The maximum atomic E-state index is 12.3. The zero-order valence-electron chi connectivity index (χ0n) is 9.60. The van der Waals surface area contributed by atoms with Crippen LogP contribution in [0.3, 0.4) is 0 Å². The molecule has 2 aliphatic rings. The molecule has 0 aromatic rings. The predicted octanol–water partition coefficient (Wildman–Crippen LogP) is 1.95. The van der Waals surface area contributed by atoms with Gasteiger partial charge in [0.15, 0.2) is 0 Å². The van der Waals surface area contributed by atoms with Gasteiger partial charge in [0.1, 0.15) is 0 Å². The summed E-state index contributed by atoms with van der Waals surface area (Å²) in [5.74, 6) is 0. The van der Waals surface area contributed by atoms with Crippen molar-refractivity contribution < 1.29 is 4.39 Å². The molecule has 1 aliphatic heterocycles. The molecule has 0 bridgehead atoms. The Morgan fingerprint density at radius 1 is 1.20 bits per heavy atom. The van der Waals surface area contributed by atoms with Crippen LogP contribution < -0.4 is 5.32 Å². The predicted molar refractivity (Wildman–Crippen MR) is 60.9 cm³/mol. The number of halogens is 1. The van der Waals surface area contributed by atoms with Crippen molar-refractivity contribution in [2.45, 2.75) is 44.1 Å². The fraction of sp³-hybridized carbons (Fsp3) is 1.00. The Hall–Kier alpha value is -0.150. The third-order valence-electron chi connectivity index (χ3n) is 4.03. The van der Waals surface area contributed by atoms with E-state index in [1.807, 2.05) is 0 Å². The molecule has 3 heteroatoms. The van der Waals surface area contributed by atoms with E-state index in [1.54, 1.807) is 0 Å². The average molecular weight is 214 g/mol. The lowest BCUT2D eigenvalue weighted by Crippen LogP contribution is -2.62. The summed E-state index contributed by atoms with van der Waals surface area (Å²) >= 11 is 0. The highest BCUT2D eigenvalue weighted by molar-refractivity contribution is 4.97. The van der Waals surface area contributed by atoms with Crippen LogP contribution in [0.5, 0.6) is 0 Å². The molecule has 0 aromatic heterocycles. The summed E-state index contributed by atoms with van der Waals surface area (Å²) < 4.78 is 12.3. The van der Waals surface area contributed by atoms with Gasteiger partial charge in [-0.15, -0.1) is 0 Å². The summed E-state index contributed by atoms with van der Waals surface area (Å²) in [4.78, 5) is 2.56. The van der Waals surface area contributed by atoms with Crippen molar-refractivity contribution in [3.8, 4) is 0 Å². The highest BCUT2D eigenvalue weighted by Crippen LogP contribution is 2.34. The molecular weight excluding hydrogens is 191 g/mol. The monoisotopic (exact) mass is 214 g/mol. The molecule has 1 aliphatic carbocycles. The number of hydrogen-bond donors (Lipinski definition) is 1. The van der Waals surface area contributed by atoms with Gasteiger partial charge in [0.2, 0.25) is 0 Å². The lowest BCUT2D eigenvalue weighted by atomic mass is 9.79. The molecule has 15 heavy (non-hydrogen) atoms. The number of nitrogens with one attached hydrogen (secondary N) is 1. The molecule has 0 amide bonds. The normalized spacial score (nSPS) is 27.0. The fourth-order valence-electron chi connectivity index (χ4n) is 3.19. The minimum Gasteiger partial charge on any atom is -0.314 e. The summed E-state index contributed by atoms with van der Waals surface area (Å²) in [6, 6.07) is 0. The van der Waals surface area contributed by atoms with E-state index in [0.717, 1.165) is 26.2 Å². The smallest absolute Gasteiger partial charge is 0.0906 e. The second-order valence-electron chi connectivity index (χ2n) is 4.99. The first-order chi connectivity index (χ1) is 7.37. The Labute approximate surface area is 92.2 Å². The maximum absolute atomic E-state index is 12.3. The van der Waals surface area contributed by atoms with Gasteiger partial charge in [0.05, 0.1) is 6.67 Å². The van der Waals surface area contributed by atoms with Crippen LogP contribution in [0.1, 0.15) is 38.5 Å². The van der Waals surface area contributed by atoms with Crippen molar-refractivity contribution >= 4 is 0 Å². The third kappa shape index (κ3) is 2.51. The van der Waals surface area contributed by atoms with E-state index in [9.17, 15) is 4.39 Å². The third-order valence-corrected chi connectivity index (χ3v) is 4.03. The average Bonchev–Trinajstić information content (AvgIpc) is 2.29. The van der Waals surface area contributed by atoms with Gasteiger partial charge in [-0.3, -0.25) is 9.29 Å². The number of rotatable bonds is 3. The lowest BCUT2D eigenvalue weighted by molar-refractivity contribution is 0.0256. The SMILES string of the molecule is FCCCN1CCNCC12CCCCC2. The van der Waals surface area contributed by atoms with E-state index in [1.165, 1.54) is 32.1 Å². The molecular formula is C12H23FN2. The van der Waals surface area contributed by atoms with Gasteiger partial charge in [-0.2, -0.15) is 0 Å². The van der Waals surface area contributed by atoms with E-state index in [0.29, 0.717) is 12.0 Å². The molecule has 0 unspecified atom stereocenters. The topological polar surface area (TPSA) is 15.3 Å². The summed E-state index contributed by atoms with van der Waals surface area (Å²) in [6.45, 7) is 4.10. The first kappa shape index (κ1) is 11.3. The highest BCUT2D eigenvalue weighted by Gasteiger charge is 2.38. The largest absolute Gasteiger partial charge is 0.314 e. The summed E-state index contributed by atoms with van der Waals surface area (Å²) in [5.41, 5.74) is 0.381. The molecule has 2 nitrogen and oxygen atoms in total. The van der Waals surface area contributed by atoms with Gasteiger partial charge in [0.25, 0.3) is 0 Å². The number of piperazine rings is 1. The van der Waals surface area contributed by atoms with Crippen LogP contribution in [0.25, 0.3) is 0 Å². The number of alkyl halides is 1.